The van der Waals surface area contributed by atoms with E-state index in [2.05, 4.69) is 40.1 Å². The van der Waals surface area contributed by atoms with Crippen LogP contribution in [0.25, 0.3) is 11.3 Å². The number of hydrogen-bond acceptors (Lipinski definition) is 2. The number of imidazole rings is 1. The Morgan fingerprint density at radius 3 is 2.63 bits per heavy atom. The topological polar surface area (TPSA) is 43.1 Å². The van der Waals surface area contributed by atoms with Crippen molar-refractivity contribution >= 4 is 5.91 Å². The lowest BCUT2D eigenvalue weighted by Gasteiger charge is -2.38. The fourth-order valence-corrected chi connectivity index (χ4v) is 4.11. The highest BCUT2D eigenvalue weighted by Gasteiger charge is 2.35. The van der Waals surface area contributed by atoms with Gasteiger partial charge in [0.05, 0.1) is 11.6 Å². The van der Waals surface area contributed by atoms with E-state index in [0.717, 1.165) is 34.9 Å². The Balaban J connectivity index is 1.73. The molecule has 5 nitrogen and oxygen atoms in total. The Hall–Kier alpha value is -2.82. The molecule has 27 heavy (non-hydrogen) atoms. The van der Waals surface area contributed by atoms with Gasteiger partial charge >= 0.3 is 0 Å². The van der Waals surface area contributed by atoms with Crippen LogP contribution in [0.1, 0.15) is 41.8 Å². The lowest BCUT2D eigenvalue weighted by atomic mass is 9.98. The molecule has 0 N–H and O–H groups in total. The zero-order valence-corrected chi connectivity index (χ0v) is 16.4. The van der Waals surface area contributed by atoms with Crippen molar-refractivity contribution in [2.75, 3.05) is 6.54 Å². The first-order valence-electron chi connectivity index (χ1n) is 9.52. The van der Waals surface area contributed by atoms with Gasteiger partial charge in [-0.1, -0.05) is 44.2 Å². The fourth-order valence-electron chi connectivity index (χ4n) is 4.11. The summed E-state index contributed by atoms with van der Waals surface area (Å²) in [5.74, 6) is 1.38. The molecule has 0 spiro atoms. The number of fused-ring (bicyclic) bond motifs is 1. The Morgan fingerprint density at radius 2 is 1.93 bits per heavy atom. The first kappa shape index (κ1) is 17.6. The second kappa shape index (κ2) is 6.72. The maximum absolute atomic E-state index is 13.5. The molecule has 0 fully saturated rings. The summed E-state index contributed by atoms with van der Waals surface area (Å²) in [6.45, 7) is 7.84. The Bertz CT molecular complexity index is 968. The summed E-state index contributed by atoms with van der Waals surface area (Å²) in [5, 5.41) is 0. The molecule has 4 rings (SSSR count). The van der Waals surface area contributed by atoms with Crippen molar-refractivity contribution in [3.8, 4) is 11.3 Å². The van der Waals surface area contributed by atoms with Crippen molar-refractivity contribution in [2.45, 2.75) is 33.4 Å². The van der Waals surface area contributed by atoms with Crippen LogP contribution in [0.2, 0.25) is 0 Å². The van der Waals surface area contributed by atoms with Gasteiger partial charge in [-0.25, -0.2) is 4.98 Å². The minimum Gasteiger partial charge on any atom is -0.347 e. The maximum atomic E-state index is 13.5. The Kier molecular flexibility index (Phi) is 4.38. The second-order valence-corrected chi connectivity index (χ2v) is 7.62. The minimum atomic E-state index is 0.000955. The molecule has 3 aromatic rings. The van der Waals surface area contributed by atoms with Gasteiger partial charge in [0.1, 0.15) is 5.82 Å². The van der Waals surface area contributed by atoms with Gasteiger partial charge < -0.3 is 14.0 Å². The highest BCUT2D eigenvalue weighted by Crippen LogP contribution is 2.34. The molecule has 0 radical (unpaired) electrons. The quantitative estimate of drug-likeness (QED) is 0.705. The predicted octanol–water partition coefficient (Wildman–Crippen LogP) is 4.05. The molecule has 0 saturated carbocycles. The van der Waals surface area contributed by atoms with E-state index in [1.54, 1.807) is 0 Å². The molecule has 1 amide bonds. The molecular formula is C22H26N4O. The molecular weight excluding hydrogens is 336 g/mol. The largest absolute Gasteiger partial charge is 0.347 e. The molecule has 2 aromatic heterocycles. The standard InChI is InChI=1S/C22H26N4O/c1-15(2)20-21-23-10-11-25(21)12-13-26(20)22(27)18-14-19(24(4)16(18)3)17-8-6-5-7-9-17/h5-11,14-15,20H,12-13H2,1-4H3/t20-/m0/s1. The van der Waals surface area contributed by atoms with Crippen molar-refractivity contribution in [3.63, 3.8) is 0 Å². The summed E-state index contributed by atoms with van der Waals surface area (Å²) in [7, 11) is 2.03. The molecule has 1 aliphatic rings. The summed E-state index contributed by atoms with van der Waals surface area (Å²) in [5.41, 5.74) is 3.96. The van der Waals surface area contributed by atoms with Gasteiger partial charge in [-0.3, -0.25) is 4.79 Å². The third kappa shape index (κ3) is 2.87. The van der Waals surface area contributed by atoms with E-state index in [4.69, 9.17) is 0 Å². The SMILES string of the molecule is Cc1c(C(=O)N2CCn3ccnc3[C@@H]2C(C)C)cc(-c2ccccc2)n1C. The number of benzene rings is 1. The van der Waals surface area contributed by atoms with Crippen LogP contribution in [0.3, 0.4) is 0 Å². The van der Waals surface area contributed by atoms with Gasteiger partial charge in [-0.15, -0.1) is 0 Å². The Morgan fingerprint density at radius 1 is 1.19 bits per heavy atom. The van der Waals surface area contributed by atoms with Crippen LogP contribution in [-0.2, 0) is 13.6 Å². The molecule has 0 aliphatic carbocycles. The molecule has 1 aliphatic heterocycles. The summed E-state index contributed by atoms with van der Waals surface area (Å²) >= 11 is 0. The molecule has 0 saturated heterocycles. The minimum absolute atomic E-state index is 0.000955. The predicted molar refractivity (Wildman–Crippen MR) is 106 cm³/mol. The van der Waals surface area contributed by atoms with Crippen LogP contribution >= 0.6 is 0 Å². The van der Waals surface area contributed by atoms with Crippen molar-refractivity contribution in [2.24, 2.45) is 13.0 Å². The Labute approximate surface area is 160 Å². The van der Waals surface area contributed by atoms with Crippen LogP contribution in [-0.4, -0.2) is 31.5 Å². The van der Waals surface area contributed by atoms with E-state index < -0.39 is 0 Å². The van der Waals surface area contributed by atoms with Crippen molar-refractivity contribution in [1.82, 2.24) is 19.0 Å². The number of carbonyl (C=O) groups is 1. The van der Waals surface area contributed by atoms with Gasteiger partial charge in [0.15, 0.2) is 0 Å². The first-order valence-corrected chi connectivity index (χ1v) is 9.52. The summed E-state index contributed by atoms with van der Waals surface area (Å²) < 4.78 is 4.28. The summed E-state index contributed by atoms with van der Waals surface area (Å²) in [4.78, 5) is 20.1. The average Bonchev–Trinajstić information content (AvgIpc) is 3.26. The van der Waals surface area contributed by atoms with Crippen LogP contribution in [0.4, 0.5) is 0 Å². The number of hydrogen-bond donors (Lipinski definition) is 0. The van der Waals surface area contributed by atoms with Crippen molar-refractivity contribution in [3.05, 3.63) is 65.9 Å². The maximum Gasteiger partial charge on any atom is 0.256 e. The van der Waals surface area contributed by atoms with Crippen molar-refractivity contribution in [1.29, 1.82) is 0 Å². The average molecular weight is 362 g/mol. The van der Waals surface area contributed by atoms with Crippen molar-refractivity contribution < 1.29 is 4.79 Å². The lowest BCUT2D eigenvalue weighted by Crippen LogP contribution is -2.44. The van der Waals surface area contributed by atoms with E-state index >= 15 is 0 Å². The number of aromatic nitrogens is 3. The molecule has 0 unspecified atom stereocenters. The zero-order valence-electron chi connectivity index (χ0n) is 16.4. The van der Waals surface area contributed by atoms with Crippen LogP contribution < -0.4 is 0 Å². The highest BCUT2D eigenvalue weighted by molar-refractivity contribution is 5.97. The first-order chi connectivity index (χ1) is 13.0. The summed E-state index contributed by atoms with van der Waals surface area (Å²) in [6.07, 6.45) is 3.84. The summed E-state index contributed by atoms with van der Waals surface area (Å²) in [6, 6.07) is 12.3. The van der Waals surface area contributed by atoms with E-state index in [1.165, 1.54) is 0 Å². The van der Waals surface area contributed by atoms with Crippen LogP contribution in [0.5, 0.6) is 0 Å². The molecule has 1 aromatic carbocycles. The fraction of sp³-hybridized carbons (Fsp3) is 0.364. The van der Waals surface area contributed by atoms with Gasteiger partial charge in [0.2, 0.25) is 0 Å². The van der Waals surface area contributed by atoms with E-state index in [-0.39, 0.29) is 11.9 Å². The van der Waals surface area contributed by atoms with Gasteiger partial charge in [-0.2, -0.15) is 0 Å². The van der Waals surface area contributed by atoms with Crippen LogP contribution in [0.15, 0.2) is 48.8 Å². The van der Waals surface area contributed by atoms with Gasteiger partial charge in [0, 0.05) is 43.9 Å². The molecule has 5 heteroatoms. The zero-order chi connectivity index (χ0) is 19.1. The molecule has 0 bridgehead atoms. The van der Waals surface area contributed by atoms with Crippen LogP contribution in [0, 0.1) is 12.8 Å². The van der Waals surface area contributed by atoms with E-state index in [0.29, 0.717) is 12.5 Å². The van der Waals surface area contributed by atoms with Gasteiger partial charge in [-0.05, 0) is 24.5 Å². The van der Waals surface area contributed by atoms with Gasteiger partial charge in [0.25, 0.3) is 5.91 Å². The van der Waals surface area contributed by atoms with E-state index in [9.17, 15) is 4.79 Å². The number of amides is 1. The number of carbonyl (C=O) groups excluding carboxylic acids is 1. The third-order valence-corrected chi connectivity index (χ3v) is 5.66. The number of rotatable bonds is 3. The number of nitrogens with zero attached hydrogens (tertiary/aromatic N) is 4. The third-order valence-electron chi connectivity index (χ3n) is 5.66. The van der Waals surface area contributed by atoms with E-state index in [1.807, 2.05) is 55.5 Å². The molecule has 3 heterocycles. The molecule has 140 valence electrons. The lowest BCUT2D eigenvalue weighted by molar-refractivity contribution is 0.0546. The second-order valence-electron chi connectivity index (χ2n) is 7.62. The normalized spacial score (nSPS) is 16.6. The monoisotopic (exact) mass is 362 g/mol. The highest BCUT2D eigenvalue weighted by atomic mass is 16.2. The molecule has 1 atom stereocenters. The smallest absolute Gasteiger partial charge is 0.256 e.